The molecule has 242 valence electrons. The maximum Gasteiger partial charge on any atom is 0.509 e. The Balaban J connectivity index is 1.29. The standard InChI is InChI=1S/C36H33NO9S/c1-42-25-18-16-24(17-19-25)20-43-22-29-31(38)32(46-36(41)44-21-23-10-4-2-5-11-23)30(35(45-29)47-26-12-6-3-7-13-26)37-33(39)27-14-8-9-15-28(27)34(37)40/h2-19,29-32,35,38H,20-22H2,1H3/t29-,30-,31-,32-,35+/m1/s1. The first-order valence-electron chi connectivity index (χ1n) is 15.0. The van der Waals surface area contributed by atoms with Crippen LogP contribution in [0, 0.1) is 0 Å². The molecule has 11 heteroatoms. The van der Waals surface area contributed by atoms with Crippen LogP contribution in [-0.4, -0.2) is 71.5 Å². The van der Waals surface area contributed by atoms with Gasteiger partial charge in [-0.05, 0) is 47.5 Å². The van der Waals surface area contributed by atoms with Gasteiger partial charge < -0.3 is 28.8 Å². The number of ether oxygens (including phenoxy) is 5. The van der Waals surface area contributed by atoms with Crippen molar-refractivity contribution in [3.05, 3.63) is 131 Å². The quantitative estimate of drug-likeness (QED) is 0.164. The Hall–Kier alpha value is -4.68. The summed E-state index contributed by atoms with van der Waals surface area (Å²) in [5, 5.41) is 11.7. The lowest BCUT2D eigenvalue weighted by atomic mass is 9.96. The highest BCUT2D eigenvalue weighted by atomic mass is 32.2. The monoisotopic (exact) mass is 655 g/mol. The van der Waals surface area contributed by atoms with Crippen LogP contribution in [0.25, 0.3) is 0 Å². The van der Waals surface area contributed by atoms with Gasteiger partial charge in [-0.15, -0.1) is 0 Å². The first-order chi connectivity index (χ1) is 22.9. The highest BCUT2D eigenvalue weighted by Gasteiger charge is 2.55. The lowest BCUT2D eigenvalue weighted by molar-refractivity contribution is -0.192. The van der Waals surface area contributed by atoms with E-state index in [1.807, 2.05) is 72.8 Å². The summed E-state index contributed by atoms with van der Waals surface area (Å²) in [5.74, 6) is -0.449. The molecule has 2 aliphatic heterocycles. The van der Waals surface area contributed by atoms with Crippen LogP contribution in [0.15, 0.2) is 114 Å². The number of aliphatic hydroxyl groups is 1. The molecule has 0 aliphatic carbocycles. The van der Waals surface area contributed by atoms with Crippen molar-refractivity contribution in [1.82, 2.24) is 4.90 Å². The van der Waals surface area contributed by atoms with Gasteiger partial charge in [0.2, 0.25) is 0 Å². The highest BCUT2D eigenvalue weighted by Crippen LogP contribution is 2.40. The molecule has 0 aromatic heterocycles. The smallest absolute Gasteiger partial charge is 0.497 e. The molecule has 0 spiro atoms. The maximum atomic E-state index is 13.8. The summed E-state index contributed by atoms with van der Waals surface area (Å²) in [5.41, 5.74) is 1.07. The van der Waals surface area contributed by atoms with Gasteiger partial charge in [0.15, 0.2) is 6.10 Å². The molecule has 0 bridgehead atoms. The normalized spacial score (nSPS) is 22.1. The number of hydrogen-bond donors (Lipinski definition) is 1. The predicted octanol–water partition coefficient (Wildman–Crippen LogP) is 5.48. The van der Waals surface area contributed by atoms with E-state index in [0.29, 0.717) is 5.75 Å². The topological polar surface area (TPSA) is 121 Å². The highest BCUT2D eigenvalue weighted by molar-refractivity contribution is 7.99. The van der Waals surface area contributed by atoms with E-state index >= 15 is 0 Å². The fourth-order valence-corrected chi connectivity index (χ4v) is 6.73. The Morgan fingerprint density at radius 1 is 0.809 bits per heavy atom. The van der Waals surface area contributed by atoms with Gasteiger partial charge in [0.1, 0.15) is 36.0 Å². The van der Waals surface area contributed by atoms with Crippen molar-refractivity contribution in [3.8, 4) is 5.75 Å². The zero-order valence-corrected chi connectivity index (χ0v) is 26.3. The second-order valence-corrected chi connectivity index (χ2v) is 12.1. The van der Waals surface area contributed by atoms with E-state index in [9.17, 15) is 19.5 Å². The number of imide groups is 1. The molecule has 1 N–H and O–H groups in total. The third kappa shape index (κ3) is 7.34. The molecule has 4 aromatic carbocycles. The van der Waals surface area contributed by atoms with Crippen molar-refractivity contribution in [2.24, 2.45) is 0 Å². The number of aliphatic hydroxyl groups excluding tert-OH is 1. The molecule has 0 unspecified atom stereocenters. The summed E-state index contributed by atoms with van der Waals surface area (Å²) >= 11 is 1.24. The minimum Gasteiger partial charge on any atom is -0.497 e. The van der Waals surface area contributed by atoms with Crippen molar-refractivity contribution >= 4 is 29.7 Å². The second kappa shape index (κ2) is 14.8. The average molecular weight is 656 g/mol. The Bertz CT molecular complexity index is 1650. The van der Waals surface area contributed by atoms with Crippen LogP contribution in [0.3, 0.4) is 0 Å². The van der Waals surface area contributed by atoms with E-state index in [-0.39, 0.29) is 30.9 Å². The van der Waals surface area contributed by atoms with Crippen molar-refractivity contribution in [1.29, 1.82) is 0 Å². The van der Waals surface area contributed by atoms with Crippen LogP contribution in [0.1, 0.15) is 31.8 Å². The van der Waals surface area contributed by atoms with Gasteiger partial charge in [0.05, 0.1) is 31.5 Å². The molecule has 6 rings (SSSR count). The fraction of sp³-hybridized carbons (Fsp3) is 0.250. The van der Waals surface area contributed by atoms with Crippen LogP contribution in [0.2, 0.25) is 0 Å². The summed E-state index contributed by atoms with van der Waals surface area (Å²) < 4.78 is 28.8. The zero-order valence-electron chi connectivity index (χ0n) is 25.5. The van der Waals surface area contributed by atoms with E-state index in [1.165, 1.54) is 11.8 Å². The summed E-state index contributed by atoms with van der Waals surface area (Å²) in [6.07, 6.45) is -4.96. The predicted molar refractivity (Wildman–Crippen MR) is 172 cm³/mol. The molecule has 47 heavy (non-hydrogen) atoms. The SMILES string of the molecule is COc1ccc(COC[C@H]2O[C@@H](Sc3ccccc3)[C@H](N3C(=O)c4ccccc4C3=O)[C@@H](OC(=O)OCc3ccccc3)[C@@H]2O)cc1. The molecule has 1 saturated heterocycles. The molecular formula is C36H33NO9S. The maximum absolute atomic E-state index is 13.8. The number of methoxy groups -OCH3 is 1. The molecular weight excluding hydrogens is 622 g/mol. The molecule has 5 atom stereocenters. The lowest BCUT2D eigenvalue weighted by Gasteiger charge is -2.46. The number of fused-ring (bicyclic) bond motifs is 1. The number of benzene rings is 4. The van der Waals surface area contributed by atoms with E-state index in [4.69, 9.17) is 23.7 Å². The molecule has 2 heterocycles. The molecule has 2 aliphatic rings. The lowest BCUT2D eigenvalue weighted by Crippen LogP contribution is -2.65. The fourth-order valence-electron chi connectivity index (χ4n) is 5.53. The third-order valence-corrected chi connectivity index (χ3v) is 9.07. The van der Waals surface area contributed by atoms with Gasteiger partial charge in [-0.3, -0.25) is 14.5 Å². The number of carbonyl (C=O) groups is 3. The van der Waals surface area contributed by atoms with E-state index < -0.39 is 47.8 Å². The van der Waals surface area contributed by atoms with E-state index in [0.717, 1.165) is 20.9 Å². The molecule has 10 nitrogen and oxygen atoms in total. The number of carbonyl (C=O) groups excluding carboxylic acids is 3. The number of rotatable bonds is 11. The van der Waals surface area contributed by atoms with Crippen LogP contribution in [0.4, 0.5) is 4.79 Å². The van der Waals surface area contributed by atoms with Crippen LogP contribution >= 0.6 is 11.8 Å². The first kappa shape index (κ1) is 32.3. The van der Waals surface area contributed by atoms with Gasteiger partial charge in [0, 0.05) is 4.90 Å². The van der Waals surface area contributed by atoms with E-state index in [1.54, 1.807) is 43.5 Å². The number of amides is 2. The molecule has 1 fully saturated rings. The average Bonchev–Trinajstić information content (AvgIpc) is 3.35. The van der Waals surface area contributed by atoms with Crippen LogP contribution < -0.4 is 4.74 Å². The number of thioether (sulfide) groups is 1. The summed E-state index contributed by atoms with van der Waals surface area (Å²) in [7, 11) is 1.59. The third-order valence-electron chi connectivity index (χ3n) is 7.90. The summed E-state index contributed by atoms with van der Waals surface area (Å²) in [6, 6.07) is 30.9. The van der Waals surface area contributed by atoms with E-state index in [2.05, 4.69) is 0 Å². The first-order valence-corrected chi connectivity index (χ1v) is 15.9. The minimum absolute atomic E-state index is 0.0761. The Kier molecular flexibility index (Phi) is 10.2. The zero-order chi connectivity index (χ0) is 32.8. The van der Waals surface area contributed by atoms with Crippen molar-refractivity contribution in [2.75, 3.05) is 13.7 Å². The largest absolute Gasteiger partial charge is 0.509 e. The van der Waals surface area contributed by atoms with Gasteiger partial charge in [-0.25, -0.2) is 4.79 Å². The van der Waals surface area contributed by atoms with Crippen molar-refractivity contribution < 1.29 is 43.2 Å². The Morgan fingerprint density at radius 2 is 1.40 bits per heavy atom. The molecule has 4 aromatic rings. The number of nitrogens with zero attached hydrogens (tertiary/aromatic N) is 1. The van der Waals surface area contributed by atoms with Gasteiger partial charge in [-0.2, -0.15) is 0 Å². The van der Waals surface area contributed by atoms with Gasteiger partial charge in [-0.1, -0.05) is 84.6 Å². The molecule has 0 radical (unpaired) electrons. The summed E-state index contributed by atoms with van der Waals surface area (Å²) in [6.45, 7) is 0.0552. The van der Waals surface area contributed by atoms with Gasteiger partial charge in [0.25, 0.3) is 11.8 Å². The second-order valence-electron chi connectivity index (χ2n) is 11.0. The Morgan fingerprint density at radius 3 is 2.04 bits per heavy atom. The van der Waals surface area contributed by atoms with Crippen LogP contribution in [-0.2, 0) is 32.2 Å². The Labute approximate surface area is 276 Å². The summed E-state index contributed by atoms with van der Waals surface area (Å²) in [4.78, 5) is 42.5. The number of hydrogen-bond acceptors (Lipinski definition) is 10. The van der Waals surface area contributed by atoms with Crippen LogP contribution in [0.5, 0.6) is 5.75 Å². The molecule has 2 amide bonds. The molecule has 0 saturated carbocycles. The van der Waals surface area contributed by atoms with Gasteiger partial charge >= 0.3 is 6.16 Å². The minimum atomic E-state index is -1.49. The van der Waals surface area contributed by atoms with Crippen molar-refractivity contribution in [3.63, 3.8) is 0 Å². The van der Waals surface area contributed by atoms with Crippen molar-refractivity contribution in [2.45, 2.75) is 47.9 Å².